The van der Waals surface area contributed by atoms with E-state index in [0.29, 0.717) is 0 Å². The molecule has 0 unspecified atom stereocenters. The van der Waals surface area contributed by atoms with Gasteiger partial charge in [-0.3, -0.25) is 0 Å². The van der Waals surface area contributed by atoms with Crippen molar-refractivity contribution < 1.29 is 19.1 Å². The van der Waals surface area contributed by atoms with E-state index < -0.39 is 17.7 Å². The van der Waals surface area contributed by atoms with Gasteiger partial charge in [0.25, 0.3) is 5.79 Å². The molecule has 1 fully saturated rings. The van der Waals surface area contributed by atoms with Crippen LogP contribution in [0.2, 0.25) is 0 Å². The van der Waals surface area contributed by atoms with Gasteiger partial charge in [0.15, 0.2) is 0 Å². The van der Waals surface area contributed by atoms with Crippen LogP contribution in [0, 0.1) is 0 Å². The Kier molecular flexibility index (Phi) is 3.58. The molecule has 0 spiro atoms. The van der Waals surface area contributed by atoms with E-state index >= 15 is 0 Å². The average molecular weight is 314 g/mol. The van der Waals surface area contributed by atoms with E-state index in [1.165, 1.54) is 19.9 Å². The predicted molar refractivity (Wildman–Crippen MR) is 84.0 cm³/mol. The summed E-state index contributed by atoms with van der Waals surface area (Å²) in [6.45, 7) is 3.05. The molecule has 2 heterocycles. The summed E-state index contributed by atoms with van der Waals surface area (Å²) in [6.07, 6.45) is 1.50. The molecule has 0 aliphatic carbocycles. The molecule has 1 aliphatic heterocycles. The van der Waals surface area contributed by atoms with Gasteiger partial charge in [-0.25, -0.2) is 9.59 Å². The third kappa shape index (κ3) is 2.94. The quantitative estimate of drug-likeness (QED) is 0.482. The monoisotopic (exact) mass is 314 g/mol. The van der Waals surface area contributed by atoms with Crippen LogP contribution in [0.25, 0.3) is 16.5 Å². The lowest BCUT2D eigenvalue weighted by molar-refractivity contribution is -0.222. The number of hydrogen-bond acceptors (Lipinski definition) is 5. The fourth-order valence-corrected chi connectivity index (χ4v) is 2.89. The smallest absolute Gasteiger partial charge is 0.348 e. The molecule has 1 saturated heterocycles. The van der Waals surface area contributed by atoms with Crippen molar-refractivity contribution >= 4 is 29.4 Å². The summed E-state index contributed by atoms with van der Waals surface area (Å²) < 4.78 is 10.2. The minimum atomic E-state index is -1.22. The number of carbonyl (C=O) groups excluding carboxylic acids is 2. The molecule has 1 aromatic heterocycles. The van der Waals surface area contributed by atoms with Gasteiger partial charge in [-0.2, -0.15) is 0 Å². The first-order valence-corrected chi connectivity index (χ1v) is 7.65. The molecular formula is C17H14O4S. The Morgan fingerprint density at radius 1 is 1.05 bits per heavy atom. The third-order valence-electron chi connectivity index (χ3n) is 3.12. The summed E-state index contributed by atoms with van der Waals surface area (Å²) >= 11 is 1.63. The number of esters is 2. The van der Waals surface area contributed by atoms with Gasteiger partial charge in [-0.1, -0.05) is 24.3 Å². The molecule has 0 saturated carbocycles. The van der Waals surface area contributed by atoms with Gasteiger partial charge in [0.05, 0.1) is 0 Å². The van der Waals surface area contributed by atoms with Crippen LogP contribution in [0.3, 0.4) is 0 Å². The van der Waals surface area contributed by atoms with Gasteiger partial charge in [-0.05, 0) is 34.7 Å². The number of hydrogen-bond donors (Lipinski definition) is 0. The molecular weight excluding hydrogens is 300 g/mol. The Bertz CT molecular complexity index is 735. The lowest BCUT2D eigenvalue weighted by Gasteiger charge is -2.29. The Balaban J connectivity index is 1.94. The molecule has 0 amide bonds. The molecule has 0 bridgehead atoms. The maximum atomic E-state index is 11.9. The molecule has 1 aliphatic rings. The molecule has 4 nitrogen and oxygen atoms in total. The van der Waals surface area contributed by atoms with E-state index in [-0.39, 0.29) is 5.57 Å². The van der Waals surface area contributed by atoms with E-state index in [1.54, 1.807) is 11.3 Å². The first-order valence-electron chi connectivity index (χ1n) is 6.77. The second-order valence-electron chi connectivity index (χ2n) is 5.34. The molecule has 22 heavy (non-hydrogen) atoms. The van der Waals surface area contributed by atoms with Crippen molar-refractivity contribution in [2.24, 2.45) is 0 Å². The van der Waals surface area contributed by atoms with Crippen LogP contribution in [0.1, 0.15) is 19.4 Å². The minimum Gasteiger partial charge on any atom is -0.419 e. The van der Waals surface area contributed by atoms with E-state index in [1.807, 2.05) is 41.8 Å². The highest BCUT2D eigenvalue weighted by atomic mass is 32.1. The second-order valence-corrected chi connectivity index (χ2v) is 6.29. The minimum absolute atomic E-state index is 0.0948. The lowest BCUT2D eigenvalue weighted by Crippen LogP contribution is -2.41. The topological polar surface area (TPSA) is 52.6 Å². The zero-order chi connectivity index (χ0) is 15.7. The van der Waals surface area contributed by atoms with Gasteiger partial charge in [0, 0.05) is 18.7 Å². The van der Waals surface area contributed by atoms with E-state index in [4.69, 9.17) is 9.47 Å². The summed E-state index contributed by atoms with van der Waals surface area (Å²) in [5.74, 6) is -2.55. The second kappa shape index (κ2) is 5.42. The number of thiophene rings is 1. The number of cyclic esters (lactones) is 2. The molecule has 2 aromatic rings. The summed E-state index contributed by atoms with van der Waals surface area (Å²) in [7, 11) is 0. The van der Waals surface area contributed by atoms with E-state index in [9.17, 15) is 9.59 Å². The fraction of sp³-hybridized carbons (Fsp3) is 0.176. The van der Waals surface area contributed by atoms with Crippen molar-refractivity contribution in [2.75, 3.05) is 0 Å². The Morgan fingerprint density at radius 3 is 2.41 bits per heavy atom. The summed E-state index contributed by atoms with van der Waals surface area (Å²) in [5, 5.41) is 2.00. The predicted octanol–water partition coefficient (Wildman–Crippen LogP) is 3.63. The fourth-order valence-electron chi connectivity index (χ4n) is 2.17. The largest absolute Gasteiger partial charge is 0.419 e. The normalized spacial score (nSPS) is 16.9. The van der Waals surface area contributed by atoms with Crippen LogP contribution in [-0.4, -0.2) is 17.7 Å². The summed E-state index contributed by atoms with van der Waals surface area (Å²) in [4.78, 5) is 25.0. The number of carbonyl (C=O) groups is 2. The maximum Gasteiger partial charge on any atom is 0.348 e. The molecule has 0 atom stereocenters. The summed E-state index contributed by atoms with van der Waals surface area (Å²) in [5.41, 5.74) is 1.68. The highest BCUT2D eigenvalue weighted by molar-refractivity contribution is 7.13. The average Bonchev–Trinajstić information content (AvgIpc) is 2.96. The SMILES string of the molecule is CC1(C)OC(=O)C(=Cc2cccc(-c3cccs3)c2)C(=O)O1. The zero-order valence-electron chi connectivity index (χ0n) is 12.2. The van der Waals surface area contributed by atoms with Crippen molar-refractivity contribution in [1.82, 2.24) is 0 Å². The Hall–Kier alpha value is -2.40. The van der Waals surface area contributed by atoms with Crippen LogP contribution in [-0.2, 0) is 19.1 Å². The van der Waals surface area contributed by atoms with Crippen LogP contribution < -0.4 is 0 Å². The molecule has 1 aromatic carbocycles. The Labute approximate surface area is 132 Å². The van der Waals surface area contributed by atoms with Crippen LogP contribution >= 0.6 is 11.3 Å². The van der Waals surface area contributed by atoms with Gasteiger partial charge in [0.2, 0.25) is 0 Å². The number of ether oxygens (including phenoxy) is 2. The number of rotatable bonds is 2. The third-order valence-corrected chi connectivity index (χ3v) is 4.04. The van der Waals surface area contributed by atoms with E-state index in [0.717, 1.165) is 16.0 Å². The van der Waals surface area contributed by atoms with Crippen molar-refractivity contribution in [3.05, 3.63) is 52.9 Å². The lowest BCUT2D eigenvalue weighted by atomic mass is 10.1. The number of benzene rings is 1. The van der Waals surface area contributed by atoms with Gasteiger partial charge in [0.1, 0.15) is 5.57 Å². The molecule has 5 heteroatoms. The Morgan fingerprint density at radius 2 is 1.77 bits per heavy atom. The first kappa shape index (κ1) is 14.5. The van der Waals surface area contributed by atoms with Gasteiger partial charge in [-0.15, -0.1) is 11.3 Å². The standard InChI is InChI=1S/C17H14O4S/c1-17(2)20-15(18)13(16(19)21-17)10-11-5-3-6-12(9-11)14-7-4-8-22-14/h3-10H,1-2H3. The van der Waals surface area contributed by atoms with Crippen LogP contribution in [0.4, 0.5) is 0 Å². The van der Waals surface area contributed by atoms with Crippen LogP contribution in [0.15, 0.2) is 47.4 Å². The molecule has 0 radical (unpaired) electrons. The van der Waals surface area contributed by atoms with Crippen molar-refractivity contribution in [3.8, 4) is 10.4 Å². The van der Waals surface area contributed by atoms with E-state index in [2.05, 4.69) is 0 Å². The zero-order valence-corrected chi connectivity index (χ0v) is 13.0. The molecule has 3 rings (SSSR count). The van der Waals surface area contributed by atoms with Crippen molar-refractivity contribution in [3.63, 3.8) is 0 Å². The van der Waals surface area contributed by atoms with Gasteiger partial charge >= 0.3 is 11.9 Å². The maximum absolute atomic E-state index is 11.9. The highest BCUT2D eigenvalue weighted by Gasteiger charge is 2.38. The molecule has 0 N–H and O–H groups in total. The highest BCUT2D eigenvalue weighted by Crippen LogP contribution is 2.27. The molecule has 112 valence electrons. The van der Waals surface area contributed by atoms with Gasteiger partial charge < -0.3 is 9.47 Å². The van der Waals surface area contributed by atoms with Crippen LogP contribution in [0.5, 0.6) is 0 Å². The summed E-state index contributed by atoms with van der Waals surface area (Å²) in [6, 6.07) is 11.6. The van der Waals surface area contributed by atoms with Crippen molar-refractivity contribution in [2.45, 2.75) is 19.6 Å². The van der Waals surface area contributed by atoms with Crippen molar-refractivity contribution in [1.29, 1.82) is 0 Å². The first-order chi connectivity index (χ1) is 10.4.